The predicted molar refractivity (Wildman–Crippen MR) is 111 cm³/mol. The van der Waals surface area contributed by atoms with Crippen LogP contribution >= 0.6 is 0 Å². The van der Waals surface area contributed by atoms with Crippen molar-refractivity contribution in [1.82, 2.24) is 15.0 Å². The second-order valence-electron chi connectivity index (χ2n) is 7.70. The molecule has 1 aliphatic carbocycles. The number of nitrogens with one attached hydrogen (secondary N) is 1. The number of carbonyl (C=O) groups excluding carboxylic acids is 1. The smallest absolute Gasteiger partial charge is 0.356 e. The van der Waals surface area contributed by atoms with Crippen molar-refractivity contribution in [3.63, 3.8) is 0 Å². The number of carboxylic acids is 1. The Morgan fingerprint density at radius 2 is 2.03 bits per heavy atom. The minimum atomic E-state index is -3.59. The fourth-order valence-corrected chi connectivity index (χ4v) is 4.11. The molecule has 0 radical (unpaired) electrons. The number of aromatic carboxylic acids is 1. The third-order valence-electron chi connectivity index (χ3n) is 5.71. The van der Waals surface area contributed by atoms with Gasteiger partial charge in [0.15, 0.2) is 11.5 Å². The average molecular weight is 448 g/mol. The number of pyridine rings is 1. The van der Waals surface area contributed by atoms with Crippen LogP contribution in [0.4, 0.5) is 31.9 Å². The van der Waals surface area contributed by atoms with Crippen molar-refractivity contribution >= 4 is 35.0 Å². The molecular formula is C20H22F2N6O4. The van der Waals surface area contributed by atoms with Crippen LogP contribution in [0, 0.1) is 0 Å². The van der Waals surface area contributed by atoms with Gasteiger partial charge >= 0.3 is 11.9 Å². The Kier molecular flexibility index (Phi) is 5.53. The van der Waals surface area contributed by atoms with Crippen LogP contribution in [0.3, 0.4) is 0 Å². The number of hydrogen-bond acceptors (Lipinski definition) is 8. The SMILES string of the molecule is COc1ccnc(C(=O)O)c1Nc1ncc2c(n1)N(C1CCCC1)CC(F)(F)C(=O)N2C. The van der Waals surface area contributed by atoms with Crippen molar-refractivity contribution in [3.05, 3.63) is 24.2 Å². The lowest BCUT2D eigenvalue weighted by Crippen LogP contribution is -2.48. The fourth-order valence-electron chi connectivity index (χ4n) is 4.11. The predicted octanol–water partition coefficient (Wildman–Crippen LogP) is 2.68. The molecule has 0 atom stereocenters. The van der Waals surface area contributed by atoms with E-state index in [-0.39, 0.29) is 40.6 Å². The molecule has 2 aromatic heterocycles. The highest BCUT2D eigenvalue weighted by Crippen LogP contribution is 2.40. The molecule has 0 saturated heterocycles. The largest absolute Gasteiger partial charge is 0.494 e. The van der Waals surface area contributed by atoms with Crippen LogP contribution in [0.1, 0.15) is 36.2 Å². The molecule has 2 aliphatic rings. The lowest BCUT2D eigenvalue weighted by molar-refractivity contribution is -0.140. The number of methoxy groups -OCH3 is 1. The lowest BCUT2D eigenvalue weighted by atomic mass is 10.2. The van der Waals surface area contributed by atoms with Gasteiger partial charge in [0.25, 0.3) is 5.91 Å². The van der Waals surface area contributed by atoms with E-state index in [1.54, 1.807) is 0 Å². The molecule has 1 aliphatic heterocycles. The number of alkyl halides is 2. The monoisotopic (exact) mass is 448 g/mol. The third-order valence-corrected chi connectivity index (χ3v) is 5.71. The average Bonchev–Trinajstić information content (AvgIpc) is 3.29. The van der Waals surface area contributed by atoms with Gasteiger partial charge in [-0.2, -0.15) is 13.8 Å². The Morgan fingerprint density at radius 3 is 2.69 bits per heavy atom. The standard InChI is InChI=1S/C20H22F2N6O4/c1-27-12-9-24-19(25-14-13(32-2)7-8-23-15(14)17(29)30)26-16(12)28(11-5-3-4-6-11)10-20(21,22)18(27)31/h7-9,11H,3-6,10H2,1-2H3,(H,29,30)(H,24,25,26). The van der Waals surface area contributed by atoms with Gasteiger partial charge in [0.1, 0.15) is 17.1 Å². The number of nitrogens with zero attached hydrogens (tertiary/aromatic N) is 5. The summed E-state index contributed by atoms with van der Waals surface area (Å²) >= 11 is 0. The molecule has 0 spiro atoms. The van der Waals surface area contributed by atoms with Gasteiger partial charge in [0.2, 0.25) is 5.95 Å². The molecule has 10 nitrogen and oxygen atoms in total. The maximum absolute atomic E-state index is 14.7. The normalized spacial score (nSPS) is 18.3. The van der Waals surface area contributed by atoms with Crippen LogP contribution in [-0.2, 0) is 4.79 Å². The number of halogens is 2. The number of fused-ring (bicyclic) bond motifs is 1. The number of rotatable bonds is 5. The number of amides is 1. The summed E-state index contributed by atoms with van der Waals surface area (Å²) in [6.45, 7) is -0.791. The van der Waals surface area contributed by atoms with Crippen LogP contribution < -0.4 is 19.9 Å². The first kappa shape index (κ1) is 21.7. The summed E-state index contributed by atoms with van der Waals surface area (Å²) < 4.78 is 34.6. The van der Waals surface area contributed by atoms with Gasteiger partial charge in [-0.05, 0) is 12.8 Å². The molecule has 170 valence electrons. The number of anilines is 4. The van der Waals surface area contributed by atoms with E-state index in [0.717, 1.165) is 17.7 Å². The number of carbonyl (C=O) groups is 2. The van der Waals surface area contributed by atoms with E-state index in [1.807, 2.05) is 0 Å². The van der Waals surface area contributed by atoms with Gasteiger partial charge in [-0.15, -0.1) is 0 Å². The van der Waals surface area contributed by atoms with Crippen molar-refractivity contribution < 1.29 is 28.2 Å². The highest BCUT2D eigenvalue weighted by atomic mass is 19.3. The summed E-state index contributed by atoms with van der Waals surface area (Å²) in [5, 5.41) is 12.3. The minimum absolute atomic E-state index is 0.0262. The first-order valence-corrected chi connectivity index (χ1v) is 10.1. The Labute approximate surface area is 182 Å². The van der Waals surface area contributed by atoms with E-state index in [1.165, 1.54) is 37.5 Å². The first-order chi connectivity index (χ1) is 15.2. The third kappa shape index (κ3) is 3.76. The van der Waals surface area contributed by atoms with E-state index in [0.29, 0.717) is 12.8 Å². The molecule has 2 aromatic rings. The summed E-state index contributed by atoms with van der Waals surface area (Å²) in [5.41, 5.74) is -0.131. The maximum Gasteiger partial charge on any atom is 0.356 e. The van der Waals surface area contributed by atoms with Crippen LogP contribution in [0.5, 0.6) is 5.75 Å². The maximum atomic E-state index is 14.7. The molecule has 12 heteroatoms. The second-order valence-corrected chi connectivity index (χ2v) is 7.70. The van der Waals surface area contributed by atoms with Crippen LogP contribution in [-0.4, -0.2) is 64.6 Å². The second kappa shape index (κ2) is 8.17. The highest BCUT2D eigenvalue weighted by Gasteiger charge is 2.48. The fraction of sp³-hybridized carbons (Fsp3) is 0.450. The number of carboxylic acid groups (broad SMARTS) is 1. The molecule has 0 bridgehead atoms. The van der Waals surface area contributed by atoms with Gasteiger partial charge in [-0.1, -0.05) is 12.8 Å². The Bertz CT molecular complexity index is 1060. The van der Waals surface area contributed by atoms with E-state index in [9.17, 15) is 23.5 Å². The van der Waals surface area contributed by atoms with E-state index < -0.39 is 24.3 Å². The van der Waals surface area contributed by atoms with Crippen molar-refractivity contribution in [2.24, 2.45) is 0 Å². The molecular weight excluding hydrogens is 426 g/mol. The topological polar surface area (TPSA) is 121 Å². The molecule has 1 saturated carbocycles. The Hall–Kier alpha value is -3.57. The Morgan fingerprint density at radius 1 is 1.31 bits per heavy atom. The molecule has 1 fully saturated rings. The lowest BCUT2D eigenvalue weighted by Gasteiger charge is -2.31. The van der Waals surface area contributed by atoms with Crippen LogP contribution in [0.25, 0.3) is 0 Å². The molecule has 0 unspecified atom stereocenters. The zero-order valence-corrected chi connectivity index (χ0v) is 17.5. The Balaban J connectivity index is 1.80. The van der Waals surface area contributed by atoms with Crippen molar-refractivity contribution in [3.8, 4) is 5.75 Å². The molecule has 32 heavy (non-hydrogen) atoms. The molecule has 0 aromatic carbocycles. The van der Waals surface area contributed by atoms with Crippen LogP contribution in [0.2, 0.25) is 0 Å². The summed E-state index contributed by atoms with van der Waals surface area (Å²) in [6, 6.07) is 1.28. The summed E-state index contributed by atoms with van der Waals surface area (Å²) in [4.78, 5) is 38.7. The minimum Gasteiger partial charge on any atom is -0.494 e. The zero-order chi connectivity index (χ0) is 23.0. The van der Waals surface area contributed by atoms with Crippen molar-refractivity contribution in [1.29, 1.82) is 0 Å². The van der Waals surface area contributed by atoms with Crippen molar-refractivity contribution in [2.75, 3.05) is 35.8 Å². The van der Waals surface area contributed by atoms with Gasteiger partial charge in [-0.25, -0.2) is 14.8 Å². The zero-order valence-electron chi connectivity index (χ0n) is 17.5. The number of hydrogen-bond donors (Lipinski definition) is 2. The van der Waals surface area contributed by atoms with E-state index in [2.05, 4.69) is 20.3 Å². The van der Waals surface area contributed by atoms with Crippen LogP contribution in [0.15, 0.2) is 18.5 Å². The van der Waals surface area contributed by atoms with Gasteiger partial charge in [-0.3, -0.25) is 4.79 Å². The summed E-state index contributed by atoms with van der Waals surface area (Å²) in [5.74, 6) is -5.87. The number of aromatic nitrogens is 3. The van der Waals surface area contributed by atoms with E-state index >= 15 is 0 Å². The van der Waals surface area contributed by atoms with Crippen molar-refractivity contribution in [2.45, 2.75) is 37.6 Å². The first-order valence-electron chi connectivity index (χ1n) is 10.1. The molecule has 4 rings (SSSR count). The summed E-state index contributed by atoms with van der Waals surface area (Å²) in [7, 11) is 2.63. The molecule has 2 N–H and O–H groups in total. The van der Waals surface area contributed by atoms with E-state index in [4.69, 9.17) is 4.74 Å². The summed E-state index contributed by atoms with van der Waals surface area (Å²) in [6.07, 6.45) is 5.78. The molecule has 1 amide bonds. The number of ether oxygens (including phenoxy) is 1. The highest BCUT2D eigenvalue weighted by molar-refractivity contribution is 6.02. The molecule has 3 heterocycles. The van der Waals surface area contributed by atoms with Gasteiger partial charge in [0.05, 0.1) is 19.9 Å². The quantitative estimate of drug-likeness (QED) is 0.711. The van der Waals surface area contributed by atoms with Gasteiger partial charge in [0, 0.05) is 25.4 Å². The van der Waals surface area contributed by atoms with Gasteiger partial charge < -0.3 is 25.0 Å².